The summed E-state index contributed by atoms with van der Waals surface area (Å²) in [5.41, 5.74) is 0.906. The van der Waals surface area contributed by atoms with Crippen LogP contribution in [0, 0.1) is 0 Å². The standard InChI is InChI=1S/C20H24ClNO2S/c1-2-3-4-5-6-15-24-17-9-7-16(8-10-17)22-14-13-18(23)19-11-12-20(21)25-19/h7-14,22H,2-6,15H2,1H3/b14-13-. The van der Waals surface area contributed by atoms with E-state index in [4.69, 9.17) is 16.3 Å². The van der Waals surface area contributed by atoms with Gasteiger partial charge in [-0.05, 0) is 42.8 Å². The number of unbranched alkanes of at least 4 members (excludes halogenated alkanes) is 4. The van der Waals surface area contributed by atoms with Crippen LogP contribution >= 0.6 is 22.9 Å². The summed E-state index contributed by atoms with van der Waals surface area (Å²) in [6.45, 7) is 2.98. The van der Waals surface area contributed by atoms with Gasteiger partial charge in [0.2, 0.25) is 0 Å². The molecule has 0 saturated heterocycles. The van der Waals surface area contributed by atoms with E-state index in [-0.39, 0.29) is 5.78 Å². The van der Waals surface area contributed by atoms with Gasteiger partial charge in [-0.15, -0.1) is 11.3 Å². The number of carbonyl (C=O) groups excluding carboxylic acids is 1. The normalized spacial score (nSPS) is 11.0. The highest BCUT2D eigenvalue weighted by Crippen LogP contribution is 2.22. The summed E-state index contributed by atoms with van der Waals surface area (Å²) in [4.78, 5) is 12.6. The number of hydrogen-bond acceptors (Lipinski definition) is 4. The van der Waals surface area contributed by atoms with Crippen molar-refractivity contribution < 1.29 is 9.53 Å². The highest BCUT2D eigenvalue weighted by molar-refractivity contribution is 7.18. The maximum Gasteiger partial charge on any atom is 0.197 e. The van der Waals surface area contributed by atoms with Crippen molar-refractivity contribution in [2.45, 2.75) is 39.0 Å². The second kappa shape index (κ2) is 11.0. The number of ketones is 1. The second-order valence-electron chi connectivity index (χ2n) is 5.73. The Balaban J connectivity index is 1.71. The number of thiophene rings is 1. The van der Waals surface area contributed by atoms with Crippen molar-refractivity contribution in [3.63, 3.8) is 0 Å². The van der Waals surface area contributed by atoms with Crippen LogP contribution in [0.3, 0.4) is 0 Å². The van der Waals surface area contributed by atoms with Crippen LogP contribution in [-0.4, -0.2) is 12.4 Å². The third-order valence-corrected chi connectivity index (χ3v) is 4.92. The van der Waals surface area contributed by atoms with Gasteiger partial charge in [0.15, 0.2) is 5.78 Å². The van der Waals surface area contributed by atoms with Crippen LogP contribution in [0.25, 0.3) is 0 Å². The van der Waals surface area contributed by atoms with Gasteiger partial charge < -0.3 is 10.1 Å². The molecule has 0 fully saturated rings. The lowest BCUT2D eigenvalue weighted by Gasteiger charge is -2.07. The smallest absolute Gasteiger partial charge is 0.197 e. The monoisotopic (exact) mass is 377 g/mol. The van der Waals surface area contributed by atoms with Crippen LogP contribution in [0.1, 0.15) is 48.7 Å². The molecule has 0 spiro atoms. The molecule has 5 heteroatoms. The number of halogens is 1. The van der Waals surface area contributed by atoms with E-state index in [9.17, 15) is 4.79 Å². The topological polar surface area (TPSA) is 38.3 Å². The molecule has 1 aromatic heterocycles. The Labute approximate surface area is 158 Å². The van der Waals surface area contributed by atoms with E-state index in [1.807, 2.05) is 24.3 Å². The number of nitrogens with one attached hydrogen (secondary N) is 1. The Morgan fingerprint density at radius 1 is 1.12 bits per heavy atom. The SMILES string of the molecule is CCCCCCCOc1ccc(N/C=C\C(=O)c2ccc(Cl)s2)cc1. The molecule has 1 N–H and O–H groups in total. The van der Waals surface area contributed by atoms with Crippen LogP contribution in [-0.2, 0) is 0 Å². The summed E-state index contributed by atoms with van der Waals surface area (Å²) in [6, 6.07) is 11.2. The predicted octanol–water partition coefficient (Wildman–Crippen LogP) is 6.56. The van der Waals surface area contributed by atoms with Crippen LogP contribution in [0.5, 0.6) is 5.75 Å². The molecule has 134 valence electrons. The number of rotatable bonds is 11. The maximum atomic E-state index is 11.9. The lowest BCUT2D eigenvalue weighted by atomic mass is 10.2. The first-order chi connectivity index (χ1) is 12.2. The van der Waals surface area contributed by atoms with Gasteiger partial charge in [-0.25, -0.2) is 0 Å². The third kappa shape index (κ3) is 7.32. The zero-order chi connectivity index (χ0) is 17.9. The fourth-order valence-corrected chi connectivity index (χ4v) is 3.25. The Morgan fingerprint density at radius 2 is 1.88 bits per heavy atom. The van der Waals surface area contributed by atoms with Gasteiger partial charge in [-0.1, -0.05) is 44.2 Å². The van der Waals surface area contributed by atoms with E-state index < -0.39 is 0 Å². The van der Waals surface area contributed by atoms with Gasteiger partial charge in [0.05, 0.1) is 15.8 Å². The Hall–Kier alpha value is -1.78. The average molecular weight is 378 g/mol. The molecule has 3 nitrogen and oxygen atoms in total. The van der Waals surface area contributed by atoms with Gasteiger partial charge in [0, 0.05) is 18.0 Å². The number of hydrogen-bond donors (Lipinski definition) is 1. The van der Waals surface area contributed by atoms with Gasteiger partial charge in [0.1, 0.15) is 5.75 Å². The van der Waals surface area contributed by atoms with Crippen molar-refractivity contribution in [1.29, 1.82) is 0 Å². The zero-order valence-corrected chi connectivity index (χ0v) is 16.0. The maximum absolute atomic E-state index is 11.9. The molecule has 0 aliphatic carbocycles. The molecular weight excluding hydrogens is 354 g/mol. The molecule has 0 aliphatic heterocycles. The summed E-state index contributed by atoms with van der Waals surface area (Å²) >= 11 is 7.11. The second-order valence-corrected chi connectivity index (χ2v) is 7.45. The van der Waals surface area contributed by atoms with Crippen LogP contribution in [0.15, 0.2) is 48.7 Å². The molecule has 0 amide bonds. The van der Waals surface area contributed by atoms with Crippen LogP contribution in [0.4, 0.5) is 5.69 Å². The molecule has 0 aliphatic rings. The number of ether oxygens (including phenoxy) is 1. The predicted molar refractivity (Wildman–Crippen MR) is 107 cm³/mol. The first kappa shape index (κ1) is 19.5. The third-order valence-electron chi connectivity index (χ3n) is 3.67. The summed E-state index contributed by atoms with van der Waals surface area (Å²) in [5.74, 6) is 0.807. The fraction of sp³-hybridized carbons (Fsp3) is 0.350. The summed E-state index contributed by atoms with van der Waals surface area (Å²) in [5, 5.41) is 3.08. The Morgan fingerprint density at radius 3 is 2.56 bits per heavy atom. The zero-order valence-electron chi connectivity index (χ0n) is 14.5. The first-order valence-corrected chi connectivity index (χ1v) is 9.84. The van der Waals surface area contributed by atoms with E-state index in [1.165, 1.54) is 43.1 Å². The van der Waals surface area contributed by atoms with Crippen LogP contribution < -0.4 is 10.1 Å². The molecule has 2 aromatic rings. The molecule has 2 rings (SSSR count). The number of benzene rings is 1. The fourth-order valence-electron chi connectivity index (χ4n) is 2.29. The van der Waals surface area contributed by atoms with Crippen molar-refractivity contribution in [3.8, 4) is 5.75 Å². The van der Waals surface area contributed by atoms with E-state index in [0.29, 0.717) is 9.21 Å². The van der Waals surface area contributed by atoms with Gasteiger partial charge in [0.25, 0.3) is 0 Å². The summed E-state index contributed by atoms with van der Waals surface area (Å²) < 4.78 is 6.35. The minimum atomic E-state index is -0.0626. The quantitative estimate of drug-likeness (QED) is 0.274. The van der Waals surface area contributed by atoms with Crippen molar-refractivity contribution in [3.05, 3.63) is 57.9 Å². The Bertz CT molecular complexity index is 679. The number of carbonyl (C=O) groups is 1. The molecule has 0 atom stereocenters. The van der Waals surface area contributed by atoms with Crippen LogP contribution in [0.2, 0.25) is 4.34 Å². The van der Waals surface area contributed by atoms with Gasteiger partial charge >= 0.3 is 0 Å². The summed E-state index contributed by atoms with van der Waals surface area (Å²) in [7, 11) is 0. The first-order valence-electron chi connectivity index (χ1n) is 8.64. The Kier molecular flexibility index (Phi) is 8.56. The molecule has 0 radical (unpaired) electrons. The van der Waals surface area contributed by atoms with Crippen molar-refractivity contribution in [2.75, 3.05) is 11.9 Å². The molecule has 1 aromatic carbocycles. The van der Waals surface area contributed by atoms with Gasteiger partial charge in [-0.2, -0.15) is 0 Å². The van der Waals surface area contributed by atoms with E-state index in [0.717, 1.165) is 24.5 Å². The largest absolute Gasteiger partial charge is 0.494 e. The molecule has 0 unspecified atom stereocenters. The van der Waals surface area contributed by atoms with Crippen molar-refractivity contribution >= 4 is 34.4 Å². The lowest BCUT2D eigenvalue weighted by Crippen LogP contribution is -1.97. The molecule has 0 bridgehead atoms. The van der Waals surface area contributed by atoms with Gasteiger partial charge in [-0.3, -0.25) is 4.79 Å². The molecule has 1 heterocycles. The average Bonchev–Trinajstić information content (AvgIpc) is 3.06. The highest BCUT2D eigenvalue weighted by Gasteiger charge is 2.04. The highest BCUT2D eigenvalue weighted by atomic mass is 35.5. The molecule has 25 heavy (non-hydrogen) atoms. The molecular formula is C20H24ClNO2S. The van der Waals surface area contributed by atoms with E-state index >= 15 is 0 Å². The summed E-state index contributed by atoms with van der Waals surface area (Å²) in [6.07, 6.45) is 9.31. The lowest BCUT2D eigenvalue weighted by molar-refractivity contribution is 0.105. The number of anilines is 1. The van der Waals surface area contributed by atoms with E-state index in [1.54, 1.807) is 18.3 Å². The van der Waals surface area contributed by atoms with E-state index in [2.05, 4.69) is 12.2 Å². The molecule has 0 saturated carbocycles. The minimum Gasteiger partial charge on any atom is -0.494 e. The minimum absolute atomic E-state index is 0.0626. The number of allylic oxidation sites excluding steroid dienone is 1. The van der Waals surface area contributed by atoms with Crippen molar-refractivity contribution in [1.82, 2.24) is 0 Å². The van der Waals surface area contributed by atoms with Crippen molar-refractivity contribution in [2.24, 2.45) is 0 Å².